The fourth-order valence-corrected chi connectivity index (χ4v) is 5.21. The molecule has 0 saturated carbocycles. The van der Waals surface area contributed by atoms with E-state index in [0.717, 1.165) is 12.6 Å². The second-order valence-corrected chi connectivity index (χ2v) is 8.79. The number of sulfonamides is 1. The van der Waals surface area contributed by atoms with E-state index in [1.54, 1.807) is 11.3 Å². The highest BCUT2D eigenvalue weighted by atomic mass is 32.2. The number of thiophene rings is 1. The summed E-state index contributed by atoms with van der Waals surface area (Å²) in [5, 5.41) is 13.0. The summed E-state index contributed by atoms with van der Waals surface area (Å²) >= 11 is 1.68. The quantitative estimate of drug-likeness (QED) is 0.548. The monoisotopic (exact) mass is 397 g/mol. The number of methoxy groups -OCH3 is 1. The first-order valence-electron chi connectivity index (χ1n) is 7.99. The molecular weight excluding hydrogens is 378 g/mol. The number of benzene rings is 1. The summed E-state index contributed by atoms with van der Waals surface area (Å²) in [6.45, 7) is 2.67. The lowest BCUT2D eigenvalue weighted by molar-refractivity contribution is -0.385. The molecule has 0 radical (unpaired) electrons. The standard InChI is InChI=1S/C16H19N3O5S2/c1-24-15-5-4-13(19(20)21)11-16(15)26(22,23)18-8-6-17(7-9-18)12-14-3-2-10-25-14/h2-5,10-11H,6-9,12H2,1H3. The van der Waals surface area contributed by atoms with E-state index in [9.17, 15) is 18.5 Å². The number of piperazine rings is 1. The third-order valence-corrected chi connectivity index (χ3v) is 7.05. The lowest BCUT2D eigenvalue weighted by atomic mass is 10.3. The molecule has 0 spiro atoms. The van der Waals surface area contributed by atoms with Crippen LogP contribution in [0.5, 0.6) is 5.75 Å². The van der Waals surface area contributed by atoms with Gasteiger partial charge in [0.1, 0.15) is 10.6 Å². The van der Waals surface area contributed by atoms with E-state index < -0.39 is 14.9 Å². The Hall–Kier alpha value is -2.01. The first kappa shape index (κ1) is 18.8. The molecule has 8 nitrogen and oxygen atoms in total. The number of nitrogens with zero attached hydrogens (tertiary/aromatic N) is 3. The largest absolute Gasteiger partial charge is 0.495 e. The van der Waals surface area contributed by atoms with Gasteiger partial charge in [-0.25, -0.2) is 8.42 Å². The molecule has 1 aromatic heterocycles. The van der Waals surface area contributed by atoms with Crippen LogP contribution in [0.3, 0.4) is 0 Å². The van der Waals surface area contributed by atoms with Gasteiger partial charge in [0.05, 0.1) is 12.0 Å². The maximum absolute atomic E-state index is 13.0. The van der Waals surface area contributed by atoms with Gasteiger partial charge in [-0.2, -0.15) is 4.31 Å². The Kier molecular flexibility index (Phi) is 5.56. The first-order valence-corrected chi connectivity index (χ1v) is 10.3. The molecule has 0 unspecified atom stereocenters. The van der Waals surface area contributed by atoms with Crippen LogP contribution in [0, 0.1) is 10.1 Å². The number of non-ortho nitro benzene ring substituents is 1. The number of rotatable bonds is 6. The van der Waals surface area contributed by atoms with Gasteiger partial charge in [0.2, 0.25) is 10.0 Å². The van der Waals surface area contributed by atoms with Gasteiger partial charge in [-0.3, -0.25) is 15.0 Å². The number of ether oxygens (including phenoxy) is 1. The van der Waals surface area contributed by atoms with Crippen molar-refractivity contribution in [1.82, 2.24) is 9.21 Å². The Morgan fingerprint density at radius 2 is 1.96 bits per heavy atom. The third-order valence-electron chi connectivity index (χ3n) is 4.27. The minimum absolute atomic E-state index is 0.108. The molecule has 0 N–H and O–H groups in total. The van der Waals surface area contributed by atoms with Crippen molar-refractivity contribution >= 4 is 27.0 Å². The van der Waals surface area contributed by atoms with Crippen LogP contribution in [-0.2, 0) is 16.6 Å². The van der Waals surface area contributed by atoms with Crippen molar-refractivity contribution in [3.63, 3.8) is 0 Å². The second-order valence-electron chi connectivity index (χ2n) is 5.85. The third kappa shape index (κ3) is 3.88. The van der Waals surface area contributed by atoms with Gasteiger partial charge in [-0.1, -0.05) is 6.07 Å². The summed E-state index contributed by atoms with van der Waals surface area (Å²) in [6, 6.07) is 7.66. The average molecular weight is 397 g/mol. The maximum atomic E-state index is 13.0. The SMILES string of the molecule is COc1ccc([N+](=O)[O-])cc1S(=O)(=O)N1CCN(Cc2cccs2)CC1. The smallest absolute Gasteiger partial charge is 0.271 e. The van der Waals surface area contributed by atoms with E-state index in [0.29, 0.717) is 26.2 Å². The van der Waals surface area contributed by atoms with Gasteiger partial charge >= 0.3 is 0 Å². The molecule has 1 saturated heterocycles. The fraction of sp³-hybridized carbons (Fsp3) is 0.375. The van der Waals surface area contributed by atoms with E-state index in [2.05, 4.69) is 11.0 Å². The van der Waals surface area contributed by atoms with Crippen molar-refractivity contribution in [3.05, 3.63) is 50.7 Å². The summed E-state index contributed by atoms with van der Waals surface area (Å²) in [4.78, 5) is 13.7. The zero-order valence-electron chi connectivity index (χ0n) is 14.2. The Morgan fingerprint density at radius 1 is 1.23 bits per heavy atom. The van der Waals surface area contributed by atoms with E-state index >= 15 is 0 Å². The Bertz CT molecular complexity index is 875. The van der Waals surface area contributed by atoms with Crippen molar-refractivity contribution in [2.75, 3.05) is 33.3 Å². The lowest BCUT2D eigenvalue weighted by Crippen LogP contribution is -2.48. The Labute approximate surface area is 155 Å². The van der Waals surface area contributed by atoms with Crippen molar-refractivity contribution in [2.24, 2.45) is 0 Å². The topological polar surface area (TPSA) is 93.0 Å². The number of hydrogen-bond acceptors (Lipinski definition) is 7. The fourth-order valence-electron chi connectivity index (χ4n) is 2.87. The predicted molar refractivity (Wildman–Crippen MR) is 98.0 cm³/mol. The molecule has 140 valence electrons. The molecule has 0 aliphatic carbocycles. The molecule has 0 atom stereocenters. The number of hydrogen-bond donors (Lipinski definition) is 0. The second kappa shape index (κ2) is 7.70. The summed E-state index contributed by atoms with van der Waals surface area (Å²) in [5.74, 6) is 0.108. The van der Waals surface area contributed by atoms with Crippen LogP contribution < -0.4 is 4.74 Å². The Morgan fingerprint density at radius 3 is 2.54 bits per heavy atom. The summed E-state index contributed by atoms with van der Waals surface area (Å²) in [5.41, 5.74) is -0.277. The molecular formula is C16H19N3O5S2. The van der Waals surface area contributed by atoms with Crippen LogP contribution in [0.15, 0.2) is 40.6 Å². The lowest BCUT2D eigenvalue weighted by Gasteiger charge is -2.33. The van der Waals surface area contributed by atoms with Crippen LogP contribution in [0.2, 0.25) is 0 Å². The van der Waals surface area contributed by atoms with Gasteiger partial charge in [0.15, 0.2) is 0 Å². The molecule has 2 heterocycles. The highest BCUT2D eigenvalue weighted by Gasteiger charge is 2.32. The number of nitro groups is 1. The average Bonchev–Trinajstić information content (AvgIpc) is 3.14. The van der Waals surface area contributed by atoms with Crippen LogP contribution in [-0.4, -0.2) is 55.8 Å². The van der Waals surface area contributed by atoms with Crippen LogP contribution in [0.25, 0.3) is 0 Å². The van der Waals surface area contributed by atoms with Crippen molar-refractivity contribution in [1.29, 1.82) is 0 Å². The molecule has 3 rings (SSSR count). The first-order chi connectivity index (χ1) is 12.4. The highest BCUT2D eigenvalue weighted by Crippen LogP contribution is 2.31. The van der Waals surface area contributed by atoms with Crippen LogP contribution in [0.4, 0.5) is 5.69 Å². The summed E-state index contributed by atoms with van der Waals surface area (Å²) in [7, 11) is -2.52. The molecule has 1 fully saturated rings. The van der Waals surface area contributed by atoms with Gasteiger partial charge in [-0.05, 0) is 17.5 Å². The van der Waals surface area contributed by atoms with Gasteiger partial charge < -0.3 is 4.74 Å². The highest BCUT2D eigenvalue weighted by molar-refractivity contribution is 7.89. The van der Waals surface area contributed by atoms with Crippen LogP contribution >= 0.6 is 11.3 Å². The molecule has 1 aliphatic heterocycles. The van der Waals surface area contributed by atoms with Crippen LogP contribution in [0.1, 0.15) is 4.88 Å². The van der Waals surface area contributed by atoms with Gasteiger partial charge in [0, 0.05) is 49.7 Å². The van der Waals surface area contributed by atoms with E-state index in [1.807, 2.05) is 11.4 Å². The molecule has 0 bridgehead atoms. The van der Waals surface area contributed by atoms with Crippen molar-refractivity contribution in [3.8, 4) is 5.75 Å². The van der Waals surface area contributed by atoms with E-state index in [4.69, 9.17) is 4.74 Å². The summed E-state index contributed by atoms with van der Waals surface area (Å²) < 4.78 is 32.4. The molecule has 1 aliphatic rings. The molecule has 26 heavy (non-hydrogen) atoms. The molecule has 1 aromatic carbocycles. The van der Waals surface area contributed by atoms with E-state index in [-0.39, 0.29) is 16.3 Å². The van der Waals surface area contributed by atoms with Crippen molar-refractivity contribution in [2.45, 2.75) is 11.4 Å². The zero-order chi connectivity index (χ0) is 18.7. The zero-order valence-corrected chi connectivity index (χ0v) is 15.8. The van der Waals surface area contributed by atoms with Crippen molar-refractivity contribution < 1.29 is 18.1 Å². The molecule has 10 heteroatoms. The predicted octanol–water partition coefficient (Wildman–Crippen LogP) is 2.17. The van der Waals surface area contributed by atoms with Gasteiger partial charge in [0.25, 0.3) is 5.69 Å². The molecule has 2 aromatic rings. The number of nitro benzene ring substituents is 1. The van der Waals surface area contributed by atoms with Gasteiger partial charge in [-0.15, -0.1) is 11.3 Å². The van der Waals surface area contributed by atoms with E-state index in [1.165, 1.54) is 28.4 Å². The normalized spacial score (nSPS) is 16.5. The minimum Gasteiger partial charge on any atom is -0.495 e. The maximum Gasteiger partial charge on any atom is 0.271 e. The summed E-state index contributed by atoms with van der Waals surface area (Å²) in [6.07, 6.45) is 0. The Balaban J connectivity index is 1.77. The minimum atomic E-state index is -3.87. The molecule has 0 amide bonds.